The molecule has 4 nitrogen and oxygen atoms in total. The van der Waals surface area contributed by atoms with Gasteiger partial charge in [0, 0.05) is 13.0 Å². The second kappa shape index (κ2) is 7.64. The molecule has 4 heteroatoms. The van der Waals surface area contributed by atoms with Gasteiger partial charge in [0.25, 0.3) is 0 Å². The Morgan fingerprint density at radius 1 is 1.14 bits per heavy atom. The molecule has 0 aliphatic carbocycles. The van der Waals surface area contributed by atoms with Gasteiger partial charge in [-0.2, -0.15) is 0 Å². The van der Waals surface area contributed by atoms with Crippen LogP contribution in [0.3, 0.4) is 0 Å². The van der Waals surface area contributed by atoms with Crippen LogP contribution in [0.4, 0.5) is 0 Å². The SMILES string of the molecule is COc1ccc2cc(CNCCCCC(N)=O)ccc2c1. The largest absolute Gasteiger partial charge is 0.497 e. The van der Waals surface area contributed by atoms with Gasteiger partial charge < -0.3 is 15.8 Å². The Bertz CT molecular complexity index is 611. The van der Waals surface area contributed by atoms with E-state index >= 15 is 0 Å². The first kappa shape index (κ1) is 15.3. The van der Waals surface area contributed by atoms with E-state index in [4.69, 9.17) is 10.5 Å². The predicted molar refractivity (Wildman–Crippen MR) is 85.3 cm³/mol. The quantitative estimate of drug-likeness (QED) is 0.733. The minimum Gasteiger partial charge on any atom is -0.497 e. The number of amides is 1. The summed E-state index contributed by atoms with van der Waals surface area (Å²) in [5.41, 5.74) is 6.36. The first-order valence-electron chi connectivity index (χ1n) is 7.25. The van der Waals surface area contributed by atoms with Crippen molar-refractivity contribution in [2.24, 2.45) is 5.73 Å². The first-order valence-corrected chi connectivity index (χ1v) is 7.25. The zero-order valence-corrected chi connectivity index (χ0v) is 12.4. The van der Waals surface area contributed by atoms with Crippen molar-refractivity contribution in [2.75, 3.05) is 13.7 Å². The standard InChI is InChI=1S/C17H22N2O2/c1-21-16-8-7-14-10-13(5-6-15(14)11-16)12-19-9-3-2-4-17(18)20/h5-8,10-11,19H,2-4,9,12H2,1H3,(H2,18,20). The average molecular weight is 286 g/mol. The maximum absolute atomic E-state index is 10.6. The summed E-state index contributed by atoms with van der Waals surface area (Å²) in [6.07, 6.45) is 2.28. The molecule has 112 valence electrons. The molecule has 0 fully saturated rings. The minimum atomic E-state index is -0.222. The van der Waals surface area contributed by atoms with Crippen LogP contribution in [0.1, 0.15) is 24.8 Å². The molecule has 2 aromatic rings. The minimum absolute atomic E-state index is 0.222. The van der Waals surface area contributed by atoms with Gasteiger partial charge in [-0.3, -0.25) is 4.79 Å². The van der Waals surface area contributed by atoms with Crippen LogP contribution in [-0.4, -0.2) is 19.6 Å². The average Bonchev–Trinajstić information content (AvgIpc) is 2.49. The topological polar surface area (TPSA) is 64.3 Å². The van der Waals surface area contributed by atoms with Gasteiger partial charge in [-0.1, -0.05) is 18.2 Å². The van der Waals surface area contributed by atoms with E-state index in [0.29, 0.717) is 6.42 Å². The molecular formula is C17H22N2O2. The van der Waals surface area contributed by atoms with E-state index in [9.17, 15) is 4.79 Å². The Morgan fingerprint density at radius 2 is 1.90 bits per heavy atom. The third-order valence-electron chi connectivity index (χ3n) is 3.47. The van der Waals surface area contributed by atoms with Gasteiger partial charge in [-0.15, -0.1) is 0 Å². The van der Waals surface area contributed by atoms with Crippen molar-refractivity contribution in [3.63, 3.8) is 0 Å². The number of nitrogens with one attached hydrogen (secondary N) is 1. The van der Waals surface area contributed by atoms with Crippen molar-refractivity contribution in [2.45, 2.75) is 25.8 Å². The highest BCUT2D eigenvalue weighted by Gasteiger charge is 1.99. The summed E-state index contributed by atoms with van der Waals surface area (Å²) in [6, 6.07) is 12.5. The van der Waals surface area contributed by atoms with Gasteiger partial charge >= 0.3 is 0 Å². The van der Waals surface area contributed by atoms with Crippen LogP contribution in [-0.2, 0) is 11.3 Å². The van der Waals surface area contributed by atoms with Gasteiger partial charge in [0.05, 0.1) is 7.11 Å². The molecule has 1 amide bonds. The van der Waals surface area contributed by atoms with Gasteiger partial charge in [0.2, 0.25) is 5.91 Å². The summed E-state index contributed by atoms with van der Waals surface area (Å²) < 4.78 is 5.23. The molecule has 2 aromatic carbocycles. The number of hydrogen-bond acceptors (Lipinski definition) is 3. The summed E-state index contributed by atoms with van der Waals surface area (Å²) in [5.74, 6) is 0.655. The van der Waals surface area contributed by atoms with E-state index < -0.39 is 0 Å². The Kier molecular flexibility index (Phi) is 5.58. The van der Waals surface area contributed by atoms with Gasteiger partial charge in [-0.25, -0.2) is 0 Å². The summed E-state index contributed by atoms with van der Waals surface area (Å²) in [7, 11) is 1.68. The van der Waals surface area contributed by atoms with E-state index in [-0.39, 0.29) is 5.91 Å². The van der Waals surface area contributed by atoms with Crippen LogP contribution in [0.25, 0.3) is 10.8 Å². The zero-order valence-electron chi connectivity index (χ0n) is 12.4. The van der Waals surface area contributed by atoms with Crippen molar-refractivity contribution in [1.82, 2.24) is 5.32 Å². The van der Waals surface area contributed by atoms with E-state index in [1.807, 2.05) is 12.1 Å². The van der Waals surface area contributed by atoms with E-state index in [1.54, 1.807) is 7.11 Å². The summed E-state index contributed by atoms with van der Waals surface area (Å²) in [6.45, 7) is 1.73. The number of fused-ring (bicyclic) bond motifs is 1. The Labute approximate surface area is 125 Å². The van der Waals surface area contributed by atoms with Crippen LogP contribution < -0.4 is 15.8 Å². The number of hydrogen-bond donors (Lipinski definition) is 2. The normalized spacial score (nSPS) is 10.7. The molecule has 0 saturated heterocycles. The van der Waals surface area contributed by atoms with E-state index in [2.05, 4.69) is 29.6 Å². The smallest absolute Gasteiger partial charge is 0.217 e. The maximum Gasteiger partial charge on any atom is 0.217 e. The lowest BCUT2D eigenvalue weighted by atomic mass is 10.1. The van der Waals surface area contributed by atoms with Gasteiger partial charge in [-0.05, 0) is 53.9 Å². The van der Waals surface area contributed by atoms with Gasteiger partial charge in [0.15, 0.2) is 0 Å². The summed E-state index contributed by atoms with van der Waals surface area (Å²) in [5, 5.41) is 5.78. The van der Waals surface area contributed by atoms with Crippen molar-refractivity contribution < 1.29 is 9.53 Å². The molecule has 0 spiro atoms. The first-order chi connectivity index (χ1) is 10.2. The van der Waals surface area contributed by atoms with E-state index in [0.717, 1.165) is 31.7 Å². The maximum atomic E-state index is 10.6. The van der Waals surface area contributed by atoms with Crippen molar-refractivity contribution in [3.05, 3.63) is 42.0 Å². The molecule has 0 heterocycles. The van der Waals surface area contributed by atoms with Crippen LogP contribution in [0.2, 0.25) is 0 Å². The van der Waals surface area contributed by atoms with Crippen LogP contribution in [0.15, 0.2) is 36.4 Å². The fraction of sp³-hybridized carbons (Fsp3) is 0.353. The lowest BCUT2D eigenvalue weighted by Crippen LogP contribution is -2.16. The second-order valence-electron chi connectivity index (χ2n) is 5.15. The molecule has 21 heavy (non-hydrogen) atoms. The third kappa shape index (κ3) is 4.76. The zero-order chi connectivity index (χ0) is 15.1. The highest BCUT2D eigenvalue weighted by Crippen LogP contribution is 2.21. The number of ether oxygens (including phenoxy) is 1. The molecule has 0 aliphatic rings. The molecular weight excluding hydrogens is 264 g/mol. The second-order valence-corrected chi connectivity index (χ2v) is 5.15. The Balaban J connectivity index is 1.84. The predicted octanol–water partition coefficient (Wildman–Crippen LogP) is 2.59. The molecule has 0 saturated carbocycles. The van der Waals surface area contributed by atoms with Crippen LogP contribution in [0.5, 0.6) is 5.75 Å². The molecule has 0 atom stereocenters. The number of benzene rings is 2. The van der Waals surface area contributed by atoms with Crippen molar-refractivity contribution in [1.29, 1.82) is 0 Å². The fourth-order valence-corrected chi connectivity index (χ4v) is 2.29. The van der Waals surface area contributed by atoms with Crippen LogP contribution >= 0.6 is 0 Å². The molecule has 3 N–H and O–H groups in total. The Hall–Kier alpha value is -2.07. The number of carbonyl (C=O) groups is 1. The lowest BCUT2D eigenvalue weighted by Gasteiger charge is -2.07. The highest BCUT2D eigenvalue weighted by atomic mass is 16.5. The molecule has 0 aromatic heterocycles. The van der Waals surface area contributed by atoms with Gasteiger partial charge in [0.1, 0.15) is 5.75 Å². The van der Waals surface area contributed by atoms with E-state index in [1.165, 1.54) is 16.3 Å². The number of primary amides is 1. The monoisotopic (exact) mass is 286 g/mol. The summed E-state index contributed by atoms with van der Waals surface area (Å²) >= 11 is 0. The molecule has 0 radical (unpaired) electrons. The molecule has 0 bridgehead atoms. The summed E-state index contributed by atoms with van der Waals surface area (Å²) in [4.78, 5) is 10.6. The number of carbonyl (C=O) groups excluding carboxylic acids is 1. The number of methoxy groups -OCH3 is 1. The fourth-order valence-electron chi connectivity index (χ4n) is 2.29. The Morgan fingerprint density at radius 3 is 2.67 bits per heavy atom. The third-order valence-corrected chi connectivity index (χ3v) is 3.47. The number of rotatable bonds is 8. The van der Waals surface area contributed by atoms with Crippen LogP contribution in [0, 0.1) is 0 Å². The van der Waals surface area contributed by atoms with Crippen molar-refractivity contribution in [3.8, 4) is 5.75 Å². The lowest BCUT2D eigenvalue weighted by molar-refractivity contribution is -0.118. The molecule has 0 unspecified atom stereocenters. The number of unbranched alkanes of at least 4 members (excludes halogenated alkanes) is 1. The van der Waals surface area contributed by atoms with Crippen molar-refractivity contribution >= 4 is 16.7 Å². The molecule has 0 aliphatic heterocycles. The highest BCUT2D eigenvalue weighted by molar-refractivity contribution is 5.84. The number of nitrogens with two attached hydrogens (primary N) is 1. The molecule has 2 rings (SSSR count).